The van der Waals surface area contributed by atoms with Gasteiger partial charge in [-0.3, -0.25) is 0 Å². The molecule has 0 atom stereocenters. The zero-order chi connectivity index (χ0) is 16.4. The van der Waals surface area contributed by atoms with Crippen molar-refractivity contribution in [3.05, 3.63) is 52.5 Å². The molecule has 2 heterocycles. The lowest BCUT2D eigenvalue weighted by Gasteiger charge is -1.98. The SMILES string of the molecule is CCc1noc(CC)c1Cc1nc(-c2ccc(F)c(C)c2)no1. The Morgan fingerprint density at radius 2 is 1.91 bits per heavy atom. The fraction of sp³-hybridized carbons (Fsp3) is 0.353. The van der Waals surface area contributed by atoms with Crippen LogP contribution in [0.25, 0.3) is 11.4 Å². The van der Waals surface area contributed by atoms with E-state index in [0.29, 0.717) is 23.7 Å². The molecule has 23 heavy (non-hydrogen) atoms. The van der Waals surface area contributed by atoms with Crippen LogP contribution >= 0.6 is 0 Å². The van der Waals surface area contributed by atoms with Crippen molar-refractivity contribution in [2.24, 2.45) is 0 Å². The highest BCUT2D eigenvalue weighted by molar-refractivity contribution is 5.55. The van der Waals surface area contributed by atoms with Gasteiger partial charge in [0.05, 0.1) is 12.1 Å². The topological polar surface area (TPSA) is 65.0 Å². The van der Waals surface area contributed by atoms with Crippen LogP contribution in [0.4, 0.5) is 4.39 Å². The minimum Gasteiger partial charge on any atom is -0.361 e. The molecule has 5 nitrogen and oxygen atoms in total. The van der Waals surface area contributed by atoms with Gasteiger partial charge in [0.15, 0.2) is 0 Å². The molecular weight excluding hydrogens is 297 g/mol. The van der Waals surface area contributed by atoms with Gasteiger partial charge in [0.25, 0.3) is 0 Å². The average molecular weight is 315 g/mol. The molecule has 6 heteroatoms. The minimum absolute atomic E-state index is 0.248. The molecule has 3 aromatic rings. The van der Waals surface area contributed by atoms with E-state index < -0.39 is 0 Å². The van der Waals surface area contributed by atoms with Gasteiger partial charge in [-0.25, -0.2) is 4.39 Å². The summed E-state index contributed by atoms with van der Waals surface area (Å²) in [6.45, 7) is 5.75. The van der Waals surface area contributed by atoms with Crippen molar-refractivity contribution < 1.29 is 13.4 Å². The summed E-state index contributed by atoms with van der Waals surface area (Å²) in [6, 6.07) is 4.76. The summed E-state index contributed by atoms with van der Waals surface area (Å²) in [4.78, 5) is 4.41. The molecule has 0 bridgehead atoms. The van der Waals surface area contributed by atoms with Crippen LogP contribution in [-0.4, -0.2) is 15.3 Å². The van der Waals surface area contributed by atoms with Crippen molar-refractivity contribution >= 4 is 0 Å². The molecule has 0 radical (unpaired) electrons. The van der Waals surface area contributed by atoms with E-state index in [1.807, 2.05) is 13.8 Å². The summed E-state index contributed by atoms with van der Waals surface area (Å²) in [7, 11) is 0. The highest BCUT2D eigenvalue weighted by Crippen LogP contribution is 2.22. The number of rotatable bonds is 5. The maximum Gasteiger partial charge on any atom is 0.231 e. The third-order valence-corrected chi connectivity index (χ3v) is 3.82. The van der Waals surface area contributed by atoms with Gasteiger partial charge in [0.1, 0.15) is 11.6 Å². The Morgan fingerprint density at radius 3 is 2.61 bits per heavy atom. The van der Waals surface area contributed by atoms with Crippen LogP contribution in [-0.2, 0) is 19.3 Å². The summed E-state index contributed by atoms with van der Waals surface area (Å²) < 4.78 is 24.0. The van der Waals surface area contributed by atoms with E-state index in [2.05, 4.69) is 15.3 Å². The standard InChI is InChI=1S/C17H18FN3O2/c1-4-14-12(15(5-2)22-20-14)9-16-19-17(21-23-16)11-6-7-13(18)10(3)8-11/h6-8H,4-5,9H2,1-3H3. The number of benzene rings is 1. The van der Waals surface area contributed by atoms with E-state index in [0.717, 1.165) is 35.4 Å². The first-order chi connectivity index (χ1) is 11.1. The zero-order valence-corrected chi connectivity index (χ0v) is 13.4. The molecule has 0 amide bonds. The smallest absolute Gasteiger partial charge is 0.231 e. The Hall–Kier alpha value is -2.50. The van der Waals surface area contributed by atoms with E-state index in [1.54, 1.807) is 19.1 Å². The van der Waals surface area contributed by atoms with Crippen LogP contribution in [0.1, 0.15) is 42.3 Å². The number of hydrogen-bond acceptors (Lipinski definition) is 5. The number of halogens is 1. The number of aromatic nitrogens is 3. The van der Waals surface area contributed by atoms with Gasteiger partial charge in [-0.1, -0.05) is 24.2 Å². The van der Waals surface area contributed by atoms with Gasteiger partial charge in [0, 0.05) is 17.5 Å². The second-order valence-corrected chi connectivity index (χ2v) is 5.39. The fourth-order valence-electron chi connectivity index (χ4n) is 2.52. The van der Waals surface area contributed by atoms with Crippen molar-refractivity contribution in [1.82, 2.24) is 15.3 Å². The van der Waals surface area contributed by atoms with E-state index in [-0.39, 0.29) is 5.82 Å². The minimum atomic E-state index is -0.248. The van der Waals surface area contributed by atoms with Crippen LogP contribution in [0.3, 0.4) is 0 Å². The molecule has 0 unspecified atom stereocenters. The first kappa shape index (κ1) is 15.4. The van der Waals surface area contributed by atoms with Crippen LogP contribution in [0.2, 0.25) is 0 Å². The van der Waals surface area contributed by atoms with E-state index in [9.17, 15) is 4.39 Å². The van der Waals surface area contributed by atoms with Crippen molar-refractivity contribution in [2.45, 2.75) is 40.0 Å². The van der Waals surface area contributed by atoms with Crippen LogP contribution in [0, 0.1) is 12.7 Å². The predicted octanol–water partition coefficient (Wildman–Crippen LogP) is 3.89. The van der Waals surface area contributed by atoms with Crippen LogP contribution < -0.4 is 0 Å². The van der Waals surface area contributed by atoms with Gasteiger partial charge in [-0.15, -0.1) is 0 Å². The molecule has 0 saturated carbocycles. The van der Waals surface area contributed by atoms with Gasteiger partial charge in [-0.2, -0.15) is 4.98 Å². The summed E-state index contributed by atoms with van der Waals surface area (Å²) in [5, 5.41) is 8.07. The molecule has 0 N–H and O–H groups in total. The molecule has 0 aliphatic heterocycles. The molecular formula is C17H18FN3O2. The molecule has 0 fully saturated rings. The largest absolute Gasteiger partial charge is 0.361 e. The van der Waals surface area contributed by atoms with Crippen molar-refractivity contribution in [2.75, 3.05) is 0 Å². The second-order valence-electron chi connectivity index (χ2n) is 5.39. The van der Waals surface area contributed by atoms with Crippen molar-refractivity contribution in [3.8, 4) is 11.4 Å². The second kappa shape index (κ2) is 6.32. The maximum absolute atomic E-state index is 13.4. The molecule has 0 saturated heterocycles. The van der Waals surface area contributed by atoms with Gasteiger partial charge < -0.3 is 9.05 Å². The first-order valence-electron chi connectivity index (χ1n) is 7.67. The lowest BCUT2D eigenvalue weighted by atomic mass is 10.1. The normalized spacial score (nSPS) is 11.1. The van der Waals surface area contributed by atoms with Crippen LogP contribution in [0.5, 0.6) is 0 Å². The third kappa shape index (κ3) is 3.02. The lowest BCUT2D eigenvalue weighted by molar-refractivity contribution is 0.375. The Labute approximate surface area is 133 Å². The maximum atomic E-state index is 13.4. The van der Waals surface area contributed by atoms with Gasteiger partial charge >= 0.3 is 0 Å². The molecule has 0 spiro atoms. The number of nitrogens with zero attached hydrogens (tertiary/aromatic N) is 3. The quantitative estimate of drug-likeness (QED) is 0.714. The highest BCUT2D eigenvalue weighted by atomic mass is 19.1. The average Bonchev–Trinajstić information content (AvgIpc) is 3.17. The summed E-state index contributed by atoms with van der Waals surface area (Å²) in [5.41, 5.74) is 3.21. The Kier molecular flexibility index (Phi) is 4.23. The Morgan fingerprint density at radius 1 is 1.09 bits per heavy atom. The molecule has 3 rings (SSSR count). The van der Waals surface area contributed by atoms with E-state index in [1.165, 1.54) is 6.07 Å². The Bertz CT molecular complexity index is 802. The van der Waals surface area contributed by atoms with Crippen LogP contribution in [0.15, 0.2) is 27.2 Å². The molecule has 2 aromatic heterocycles. The van der Waals surface area contributed by atoms with Crippen molar-refractivity contribution in [1.29, 1.82) is 0 Å². The van der Waals surface area contributed by atoms with E-state index in [4.69, 9.17) is 9.05 Å². The summed E-state index contributed by atoms with van der Waals surface area (Å²) in [6.07, 6.45) is 2.04. The predicted molar refractivity (Wildman–Crippen MR) is 82.5 cm³/mol. The number of aryl methyl sites for hydroxylation is 3. The number of hydrogen-bond donors (Lipinski definition) is 0. The summed E-state index contributed by atoms with van der Waals surface area (Å²) in [5.74, 6) is 1.55. The summed E-state index contributed by atoms with van der Waals surface area (Å²) >= 11 is 0. The van der Waals surface area contributed by atoms with Gasteiger partial charge in [-0.05, 0) is 37.1 Å². The third-order valence-electron chi connectivity index (χ3n) is 3.82. The molecule has 1 aromatic carbocycles. The fourth-order valence-corrected chi connectivity index (χ4v) is 2.52. The lowest BCUT2D eigenvalue weighted by Crippen LogP contribution is -1.96. The first-order valence-corrected chi connectivity index (χ1v) is 7.67. The molecule has 0 aliphatic carbocycles. The van der Waals surface area contributed by atoms with Gasteiger partial charge in [0.2, 0.25) is 11.7 Å². The molecule has 120 valence electrons. The Balaban J connectivity index is 1.88. The molecule has 0 aliphatic rings. The van der Waals surface area contributed by atoms with E-state index >= 15 is 0 Å². The van der Waals surface area contributed by atoms with Crippen molar-refractivity contribution in [3.63, 3.8) is 0 Å². The monoisotopic (exact) mass is 315 g/mol. The highest BCUT2D eigenvalue weighted by Gasteiger charge is 2.18. The zero-order valence-electron chi connectivity index (χ0n) is 13.4.